The average molecular weight is 263 g/mol. The van der Waals surface area contributed by atoms with Crippen LogP contribution in [0, 0.1) is 6.92 Å². The van der Waals surface area contributed by atoms with Crippen LogP contribution in [0.25, 0.3) is 0 Å². The van der Waals surface area contributed by atoms with Gasteiger partial charge >= 0.3 is 5.97 Å². The first-order valence-corrected chi connectivity index (χ1v) is 6.07. The summed E-state index contributed by atoms with van der Waals surface area (Å²) in [7, 11) is 1.32. The van der Waals surface area contributed by atoms with Crippen LogP contribution in [-0.4, -0.2) is 13.1 Å². The van der Waals surface area contributed by atoms with Crippen molar-refractivity contribution in [3.8, 4) is 0 Å². The molecule has 0 radical (unpaired) electrons. The molecule has 0 aliphatic heterocycles. The van der Waals surface area contributed by atoms with Gasteiger partial charge in [-0.1, -0.05) is 0 Å². The van der Waals surface area contributed by atoms with E-state index in [9.17, 15) is 4.79 Å². The molecule has 0 spiro atoms. The number of hydrogen-bond donors (Lipinski definition) is 1. The second kappa shape index (κ2) is 5.75. The fourth-order valence-electron chi connectivity index (χ4n) is 1.72. The highest BCUT2D eigenvalue weighted by atomic mass is 16.5. The average Bonchev–Trinajstić information content (AvgIpc) is 3.04. The minimum Gasteiger partial charge on any atom is -0.465 e. The highest BCUT2D eigenvalue weighted by Crippen LogP contribution is 2.17. The number of ether oxygens (including phenoxy) is 1. The van der Waals surface area contributed by atoms with Crippen LogP contribution in [0.5, 0.6) is 0 Å². The molecule has 1 N–H and O–H groups in total. The van der Waals surface area contributed by atoms with Gasteiger partial charge in [0.15, 0.2) is 0 Å². The van der Waals surface area contributed by atoms with E-state index >= 15 is 0 Å². The number of methoxy groups -OCH3 is 1. The largest absolute Gasteiger partial charge is 0.465 e. The molecule has 0 aromatic carbocycles. The second-order valence-electron chi connectivity index (χ2n) is 4.31. The Kier molecular flexibility index (Phi) is 4.06. The molecule has 1 atom stereocenters. The first kappa shape index (κ1) is 13.4. The molecule has 102 valence electrons. The van der Waals surface area contributed by atoms with Gasteiger partial charge < -0.3 is 18.9 Å². The third-order valence-electron chi connectivity index (χ3n) is 2.82. The highest BCUT2D eigenvalue weighted by molar-refractivity contribution is 5.86. The quantitative estimate of drug-likeness (QED) is 0.840. The van der Waals surface area contributed by atoms with Crippen molar-refractivity contribution in [3.63, 3.8) is 0 Å². The standard InChI is InChI=1S/C14H17NO4/c1-9-4-6-12(18-9)10(2)15-8-11-5-7-13(19-11)14(16)17-3/h4-7,10,15H,8H2,1-3H3. The third-order valence-corrected chi connectivity index (χ3v) is 2.82. The summed E-state index contributed by atoms with van der Waals surface area (Å²) >= 11 is 0. The zero-order valence-corrected chi connectivity index (χ0v) is 11.2. The molecule has 0 amide bonds. The van der Waals surface area contributed by atoms with E-state index in [1.165, 1.54) is 7.11 Å². The van der Waals surface area contributed by atoms with Crippen LogP contribution in [0.15, 0.2) is 33.1 Å². The van der Waals surface area contributed by atoms with Gasteiger partial charge in [0.25, 0.3) is 0 Å². The normalized spacial score (nSPS) is 12.4. The number of carbonyl (C=O) groups excluding carboxylic acids is 1. The predicted molar refractivity (Wildman–Crippen MR) is 68.7 cm³/mol. The molecular weight excluding hydrogens is 246 g/mol. The van der Waals surface area contributed by atoms with Crippen LogP contribution in [-0.2, 0) is 11.3 Å². The van der Waals surface area contributed by atoms with E-state index in [1.54, 1.807) is 12.1 Å². The summed E-state index contributed by atoms with van der Waals surface area (Å²) in [5.41, 5.74) is 0. The molecule has 0 fully saturated rings. The Morgan fingerprint density at radius 3 is 2.74 bits per heavy atom. The maximum Gasteiger partial charge on any atom is 0.373 e. The molecular formula is C14H17NO4. The third kappa shape index (κ3) is 3.26. The van der Waals surface area contributed by atoms with Crippen LogP contribution >= 0.6 is 0 Å². The molecule has 0 saturated heterocycles. The lowest BCUT2D eigenvalue weighted by molar-refractivity contribution is 0.0562. The van der Waals surface area contributed by atoms with Gasteiger partial charge in [-0.15, -0.1) is 0 Å². The monoisotopic (exact) mass is 263 g/mol. The van der Waals surface area contributed by atoms with Crippen LogP contribution in [0.2, 0.25) is 0 Å². The molecule has 0 bridgehead atoms. The van der Waals surface area contributed by atoms with Crippen molar-refractivity contribution >= 4 is 5.97 Å². The smallest absolute Gasteiger partial charge is 0.373 e. The Hall–Kier alpha value is -2.01. The van der Waals surface area contributed by atoms with Crippen molar-refractivity contribution in [1.29, 1.82) is 0 Å². The minimum absolute atomic E-state index is 0.0698. The van der Waals surface area contributed by atoms with Crippen LogP contribution in [0.3, 0.4) is 0 Å². The first-order chi connectivity index (χ1) is 9.10. The van der Waals surface area contributed by atoms with Gasteiger partial charge in [0.1, 0.15) is 17.3 Å². The number of carbonyl (C=O) groups is 1. The maximum atomic E-state index is 11.2. The van der Waals surface area contributed by atoms with E-state index in [0.29, 0.717) is 12.3 Å². The fourth-order valence-corrected chi connectivity index (χ4v) is 1.72. The molecule has 19 heavy (non-hydrogen) atoms. The van der Waals surface area contributed by atoms with Gasteiger partial charge in [0.05, 0.1) is 19.7 Å². The number of rotatable bonds is 5. The van der Waals surface area contributed by atoms with Crippen molar-refractivity contribution in [1.82, 2.24) is 5.32 Å². The Morgan fingerprint density at radius 2 is 2.11 bits per heavy atom. The van der Waals surface area contributed by atoms with Crippen molar-refractivity contribution in [2.45, 2.75) is 26.4 Å². The fraction of sp³-hybridized carbons (Fsp3) is 0.357. The molecule has 2 rings (SSSR count). The Labute approximate surface area is 111 Å². The number of hydrogen-bond acceptors (Lipinski definition) is 5. The lowest BCUT2D eigenvalue weighted by atomic mass is 10.2. The SMILES string of the molecule is COC(=O)c1ccc(CNC(C)c2ccc(C)o2)o1. The van der Waals surface area contributed by atoms with Gasteiger partial charge in [-0.25, -0.2) is 4.79 Å². The summed E-state index contributed by atoms with van der Waals surface area (Å²) in [5, 5.41) is 3.26. The molecule has 2 aromatic heterocycles. The maximum absolute atomic E-state index is 11.2. The summed E-state index contributed by atoms with van der Waals surface area (Å²) < 4.78 is 15.5. The molecule has 0 aliphatic rings. The lowest BCUT2D eigenvalue weighted by Crippen LogP contribution is -2.17. The van der Waals surface area contributed by atoms with Gasteiger partial charge in [-0.05, 0) is 38.1 Å². The number of furan rings is 2. The van der Waals surface area contributed by atoms with Crippen LogP contribution in [0.1, 0.15) is 40.8 Å². The lowest BCUT2D eigenvalue weighted by Gasteiger charge is -2.09. The molecule has 2 heterocycles. The van der Waals surface area contributed by atoms with E-state index in [-0.39, 0.29) is 11.8 Å². The molecule has 5 nitrogen and oxygen atoms in total. The predicted octanol–water partition coefficient (Wildman–Crippen LogP) is 2.82. The van der Waals surface area contributed by atoms with Crippen molar-refractivity contribution in [3.05, 3.63) is 47.3 Å². The van der Waals surface area contributed by atoms with Gasteiger partial charge in [0, 0.05) is 0 Å². The minimum atomic E-state index is -0.471. The van der Waals surface area contributed by atoms with Crippen LogP contribution < -0.4 is 5.32 Å². The zero-order chi connectivity index (χ0) is 13.8. The van der Waals surface area contributed by atoms with E-state index in [1.807, 2.05) is 26.0 Å². The van der Waals surface area contributed by atoms with E-state index < -0.39 is 5.97 Å². The van der Waals surface area contributed by atoms with Crippen molar-refractivity contribution in [2.24, 2.45) is 0 Å². The number of aryl methyl sites for hydroxylation is 1. The Morgan fingerprint density at radius 1 is 1.32 bits per heavy atom. The number of esters is 1. The van der Waals surface area contributed by atoms with Gasteiger partial charge in [0.2, 0.25) is 5.76 Å². The van der Waals surface area contributed by atoms with Crippen LogP contribution in [0.4, 0.5) is 0 Å². The highest BCUT2D eigenvalue weighted by Gasteiger charge is 2.13. The van der Waals surface area contributed by atoms with Crippen molar-refractivity contribution < 1.29 is 18.4 Å². The zero-order valence-electron chi connectivity index (χ0n) is 11.2. The Bertz CT molecular complexity index is 555. The van der Waals surface area contributed by atoms with E-state index in [2.05, 4.69) is 10.1 Å². The summed E-state index contributed by atoms with van der Waals surface area (Å²) in [6, 6.07) is 7.29. The molecule has 0 saturated carbocycles. The molecule has 0 aliphatic carbocycles. The summed E-state index contributed by atoms with van der Waals surface area (Å²) in [4.78, 5) is 11.2. The summed E-state index contributed by atoms with van der Waals surface area (Å²) in [6.45, 7) is 4.42. The summed E-state index contributed by atoms with van der Waals surface area (Å²) in [6.07, 6.45) is 0. The van der Waals surface area contributed by atoms with Crippen molar-refractivity contribution in [2.75, 3.05) is 7.11 Å². The van der Waals surface area contributed by atoms with E-state index in [4.69, 9.17) is 8.83 Å². The summed E-state index contributed by atoms with van der Waals surface area (Å²) in [5.74, 6) is 2.17. The number of nitrogens with one attached hydrogen (secondary N) is 1. The molecule has 5 heteroatoms. The topological polar surface area (TPSA) is 64.6 Å². The van der Waals surface area contributed by atoms with Gasteiger partial charge in [-0.3, -0.25) is 0 Å². The van der Waals surface area contributed by atoms with Gasteiger partial charge in [-0.2, -0.15) is 0 Å². The second-order valence-corrected chi connectivity index (χ2v) is 4.31. The molecule has 1 unspecified atom stereocenters. The Balaban J connectivity index is 1.91. The van der Waals surface area contributed by atoms with E-state index in [0.717, 1.165) is 11.5 Å². The molecule has 2 aromatic rings. The first-order valence-electron chi connectivity index (χ1n) is 6.07.